The normalized spacial score (nSPS) is 24.5. The lowest BCUT2D eigenvalue weighted by atomic mass is 9.95. The number of carbonyl (C=O) groups excluding carboxylic acids is 1. The van der Waals surface area contributed by atoms with Crippen LogP contribution < -0.4 is 5.73 Å². The molecular formula is C11H12N2O2. The van der Waals surface area contributed by atoms with Crippen molar-refractivity contribution in [1.29, 1.82) is 0 Å². The van der Waals surface area contributed by atoms with E-state index in [2.05, 4.69) is 5.16 Å². The van der Waals surface area contributed by atoms with Gasteiger partial charge in [-0.2, -0.15) is 0 Å². The van der Waals surface area contributed by atoms with E-state index >= 15 is 0 Å². The van der Waals surface area contributed by atoms with Crippen LogP contribution in [0.2, 0.25) is 0 Å². The third kappa shape index (κ3) is 1.70. The molecule has 0 saturated carbocycles. The Kier molecular flexibility index (Phi) is 2.19. The van der Waals surface area contributed by atoms with Gasteiger partial charge >= 0.3 is 0 Å². The predicted molar refractivity (Wildman–Crippen MR) is 56.3 cm³/mol. The molecule has 4 nitrogen and oxygen atoms in total. The van der Waals surface area contributed by atoms with Crippen LogP contribution in [0.1, 0.15) is 18.9 Å². The Balaban J connectivity index is 2.21. The summed E-state index contributed by atoms with van der Waals surface area (Å²) in [5, 5.41) is 3.90. The average Bonchev–Trinajstić information content (AvgIpc) is 2.64. The topological polar surface area (TPSA) is 64.7 Å². The fraction of sp³-hybridized carbons (Fsp3) is 0.273. The molecule has 1 heterocycles. The summed E-state index contributed by atoms with van der Waals surface area (Å²) in [4.78, 5) is 16.2. The molecule has 0 saturated heterocycles. The molecule has 1 aliphatic heterocycles. The molecule has 2 rings (SSSR count). The van der Waals surface area contributed by atoms with Crippen LogP contribution in [0.25, 0.3) is 0 Å². The molecule has 1 atom stereocenters. The van der Waals surface area contributed by atoms with Gasteiger partial charge in [0.25, 0.3) is 5.91 Å². The lowest BCUT2D eigenvalue weighted by Gasteiger charge is -2.15. The Labute approximate surface area is 87.7 Å². The molecule has 0 spiro atoms. The summed E-state index contributed by atoms with van der Waals surface area (Å²) in [6.07, 6.45) is 0.423. The van der Waals surface area contributed by atoms with Crippen molar-refractivity contribution < 1.29 is 9.63 Å². The second kappa shape index (κ2) is 3.38. The lowest BCUT2D eigenvalue weighted by Crippen LogP contribution is -2.41. The van der Waals surface area contributed by atoms with E-state index in [-0.39, 0.29) is 0 Å². The van der Waals surface area contributed by atoms with Crippen molar-refractivity contribution >= 4 is 11.6 Å². The van der Waals surface area contributed by atoms with Gasteiger partial charge in [-0.15, -0.1) is 0 Å². The summed E-state index contributed by atoms with van der Waals surface area (Å²) < 4.78 is 0. The van der Waals surface area contributed by atoms with Crippen LogP contribution in [0.15, 0.2) is 35.5 Å². The largest absolute Gasteiger partial charge is 0.379 e. The molecule has 0 radical (unpaired) electrons. The highest BCUT2D eigenvalue weighted by atomic mass is 16.7. The number of hydrogen-bond acceptors (Lipinski definition) is 3. The van der Waals surface area contributed by atoms with Gasteiger partial charge < -0.3 is 10.6 Å². The van der Waals surface area contributed by atoms with E-state index in [9.17, 15) is 4.79 Å². The number of amides is 1. The molecule has 1 aliphatic rings. The molecule has 78 valence electrons. The van der Waals surface area contributed by atoms with E-state index < -0.39 is 11.5 Å². The van der Waals surface area contributed by atoms with E-state index in [0.29, 0.717) is 6.42 Å². The van der Waals surface area contributed by atoms with Crippen LogP contribution in [0, 0.1) is 0 Å². The lowest BCUT2D eigenvalue weighted by molar-refractivity contribution is -0.138. The maximum absolute atomic E-state index is 11.1. The number of nitrogens with zero attached hydrogens (tertiary/aromatic N) is 1. The van der Waals surface area contributed by atoms with Gasteiger partial charge in [0.05, 0.1) is 5.71 Å². The summed E-state index contributed by atoms with van der Waals surface area (Å²) in [7, 11) is 0. The maximum Gasteiger partial charge on any atom is 0.264 e. The van der Waals surface area contributed by atoms with Crippen molar-refractivity contribution in [1.82, 2.24) is 0 Å². The quantitative estimate of drug-likeness (QED) is 0.782. The van der Waals surface area contributed by atoms with Crippen LogP contribution in [-0.4, -0.2) is 17.2 Å². The molecule has 15 heavy (non-hydrogen) atoms. The first kappa shape index (κ1) is 9.71. The van der Waals surface area contributed by atoms with Gasteiger partial charge in [-0.05, 0) is 12.5 Å². The summed E-state index contributed by atoms with van der Waals surface area (Å²) in [5.74, 6) is -0.489. The average molecular weight is 204 g/mol. The Morgan fingerprint density at radius 1 is 1.47 bits per heavy atom. The summed E-state index contributed by atoms with van der Waals surface area (Å²) in [6.45, 7) is 1.65. The van der Waals surface area contributed by atoms with E-state index in [1.807, 2.05) is 30.3 Å². The van der Waals surface area contributed by atoms with E-state index in [4.69, 9.17) is 10.6 Å². The zero-order valence-corrected chi connectivity index (χ0v) is 8.43. The molecular weight excluding hydrogens is 192 g/mol. The van der Waals surface area contributed by atoms with Gasteiger partial charge in [0, 0.05) is 6.42 Å². The molecule has 0 bridgehead atoms. The van der Waals surface area contributed by atoms with Crippen LogP contribution in [0.5, 0.6) is 0 Å². The molecule has 4 heteroatoms. The van der Waals surface area contributed by atoms with Crippen molar-refractivity contribution in [2.75, 3.05) is 0 Å². The highest BCUT2D eigenvalue weighted by molar-refractivity contribution is 6.05. The number of hydrogen-bond donors (Lipinski definition) is 1. The third-order valence-corrected chi connectivity index (χ3v) is 2.49. The molecule has 0 fully saturated rings. The number of benzene rings is 1. The van der Waals surface area contributed by atoms with Crippen LogP contribution in [0.4, 0.5) is 0 Å². The van der Waals surface area contributed by atoms with Crippen LogP contribution >= 0.6 is 0 Å². The number of nitrogens with two attached hydrogens (primary N) is 1. The first-order valence-electron chi connectivity index (χ1n) is 4.72. The minimum atomic E-state index is -0.995. The van der Waals surface area contributed by atoms with Crippen LogP contribution in [0.3, 0.4) is 0 Å². The molecule has 0 aliphatic carbocycles. The van der Waals surface area contributed by atoms with Gasteiger partial charge in [-0.1, -0.05) is 35.5 Å². The summed E-state index contributed by atoms with van der Waals surface area (Å²) in [5.41, 5.74) is 5.96. The zero-order valence-electron chi connectivity index (χ0n) is 8.43. The predicted octanol–water partition coefficient (Wildman–Crippen LogP) is 1.05. The van der Waals surface area contributed by atoms with Crippen molar-refractivity contribution in [2.45, 2.75) is 18.9 Å². The maximum atomic E-state index is 11.1. The molecule has 0 aromatic heterocycles. The molecule has 2 N–H and O–H groups in total. The van der Waals surface area contributed by atoms with Crippen molar-refractivity contribution in [3.05, 3.63) is 35.9 Å². The number of oxime groups is 1. The van der Waals surface area contributed by atoms with Gasteiger partial charge in [0.2, 0.25) is 5.60 Å². The van der Waals surface area contributed by atoms with Gasteiger partial charge in [-0.25, -0.2) is 0 Å². The number of rotatable bonds is 2. The van der Waals surface area contributed by atoms with E-state index in [1.165, 1.54) is 0 Å². The second-order valence-electron chi connectivity index (χ2n) is 3.77. The molecule has 1 unspecified atom stereocenters. The van der Waals surface area contributed by atoms with Crippen LogP contribution in [-0.2, 0) is 9.63 Å². The second-order valence-corrected chi connectivity index (χ2v) is 3.77. The SMILES string of the molecule is CC1(C(N)=O)CC(c2ccccc2)=NO1. The Hall–Kier alpha value is -1.84. The standard InChI is InChI=1S/C11H12N2O2/c1-11(10(12)14)7-9(13-15-11)8-5-3-2-4-6-8/h2-6H,7H2,1H3,(H2,12,14). The first-order valence-corrected chi connectivity index (χ1v) is 4.72. The van der Waals surface area contributed by atoms with Gasteiger partial charge in [-0.3, -0.25) is 4.79 Å². The van der Waals surface area contributed by atoms with Crippen molar-refractivity contribution in [3.8, 4) is 0 Å². The molecule has 1 aromatic carbocycles. The summed E-state index contributed by atoms with van der Waals surface area (Å²) >= 11 is 0. The minimum absolute atomic E-state index is 0.423. The highest BCUT2D eigenvalue weighted by Crippen LogP contribution is 2.25. The van der Waals surface area contributed by atoms with E-state index in [0.717, 1.165) is 11.3 Å². The number of carbonyl (C=O) groups is 1. The van der Waals surface area contributed by atoms with Crippen molar-refractivity contribution in [3.63, 3.8) is 0 Å². The summed E-state index contributed by atoms with van der Waals surface area (Å²) in [6, 6.07) is 9.60. The Morgan fingerprint density at radius 2 is 2.13 bits per heavy atom. The molecule has 1 amide bonds. The number of primary amides is 1. The van der Waals surface area contributed by atoms with E-state index in [1.54, 1.807) is 6.92 Å². The molecule has 1 aromatic rings. The fourth-order valence-electron chi connectivity index (χ4n) is 1.46. The van der Waals surface area contributed by atoms with Gasteiger partial charge in [0.1, 0.15) is 0 Å². The zero-order chi connectivity index (χ0) is 10.9. The Bertz CT molecular complexity index is 414. The monoisotopic (exact) mass is 204 g/mol. The van der Waals surface area contributed by atoms with Gasteiger partial charge in [0.15, 0.2) is 0 Å². The highest BCUT2D eigenvalue weighted by Gasteiger charge is 2.40. The third-order valence-electron chi connectivity index (χ3n) is 2.49. The fourth-order valence-corrected chi connectivity index (χ4v) is 1.46. The Morgan fingerprint density at radius 3 is 2.67 bits per heavy atom. The minimum Gasteiger partial charge on any atom is -0.379 e. The smallest absolute Gasteiger partial charge is 0.264 e. The van der Waals surface area contributed by atoms with Crippen molar-refractivity contribution in [2.24, 2.45) is 10.9 Å². The first-order chi connectivity index (χ1) is 7.12.